The molecular weight excluding hydrogens is 354 g/mol. The number of amides is 1. The molecule has 0 aliphatic rings. The molecule has 5 heteroatoms. The van der Waals surface area contributed by atoms with Crippen molar-refractivity contribution in [2.45, 2.75) is 19.4 Å². The summed E-state index contributed by atoms with van der Waals surface area (Å²) in [6, 6.07) is 21.3. The maximum absolute atomic E-state index is 12.5. The SMILES string of the molecule is CC[C@H](Oc1ccccc1OC)C(=O)NCCOc1cccc2ccccc12. The van der Waals surface area contributed by atoms with E-state index in [2.05, 4.69) is 5.32 Å². The van der Waals surface area contributed by atoms with E-state index in [-0.39, 0.29) is 5.91 Å². The van der Waals surface area contributed by atoms with Gasteiger partial charge < -0.3 is 19.5 Å². The van der Waals surface area contributed by atoms with Crippen molar-refractivity contribution in [3.63, 3.8) is 0 Å². The number of ether oxygens (including phenoxy) is 3. The van der Waals surface area contributed by atoms with E-state index in [9.17, 15) is 4.79 Å². The molecule has 0 spiro atoms. The van der Waals surface area contributed by atoms with Crippen LogP contribution in [0.4, 0.5) is 0 Å². The Labute approximate surface area is 165 Å². The van der Waals surface area contributed by atoms with Crippen LogP contribution >= 0.6 is 0 Å². The second-order valence-electron chi connectivity index (χ2n) is 6.28. The van der Waals surface area contributed by atoms with E-state index < -0.39 is 6.10 Å². The van der Waals surface area contributed by atoms with Crippen LogP contribution in [0.2, 0.25) is 0 Å². The summed E-state index contributed by atoms with van der Waals surface area (Å²) in [6.07, 6.45) is -0.0394. The molecule has 0 saturated heterocycles. The van der Waals surface area contributed by atoms with Crippen LogP contribution in [0.3, 0.4) is 0 Å². The van der Waals surface area contributed by atoms with Gasteiger partial charge in [-0.3, -0.25) is 4.79 Å². The zero-order valence-corrected chi connectivity index (χ0v) is 16.2. The van der Waals surface area contributed by atoms with E-state index in [1.807, 2.05) is 61.5 Å². The average molecular weight is 379 g/mol. The number of methoxy groups -OCH3 is 1. The molecule has 0 aromatic heterocycles. The van der Waals surface area contributed by atoms with Gasteiger partial charge in [-0.05, 0) is 30.0 Å². The molecule has 1 amide bonds. The first-order valence-corrected chi connectivity index (χ1v) is 9.41. The van der Waals surface area contributed by atoms with Gasteiger partial charge >= 0.3 is 0 Å². The molecule has 1 N–H and O–H groups in total. The summed E-state index contributed by atoms with van der Waals surface area (Å²) >= 11 is 0. The minimum Gasteiger partial charge on any atom is -0.493 e. The highest BCUT2D eigenvalue weighted by Gasteiger charge is 2.19. The van der Waals surface area contributed by atoms with E-state index in [4.69, 9.17) is 14.2 Å². The number of rotatable bonds is 9. The lowest BCUT2D eigenvalue weighted by atomic mass is 10.1. The second-order valence-corrected chi connectivity index (χ2v) is 6.28. The predicted molar refractivity (Wildman–Crippen MR) is 110 cm³/mol. The minimum atomic E-state index is -0.589. The number of fused-ring (bicyclic) bond motifs is 1. The first-order chi connectivity index (χ1) is 13.7. The van der Waals surface area contributed by atoms with Crippen LogP contribution in [-0.2, 0) is 4.79 Å². The summed E-state index contributed by atoms with van der Waals surface area (Å²) in [5.74, 6) is 1.80. The Hall–Kier alpha value is -3.21. The van der Waals surface area contributed by atoms with Crippen LogP contribution in [0.15, 0.2) is 66.7 Å². The van der Waals surface area contributed by atoms with E-state index in [0.29, 0.717) is 31.1 Å². The maximum Gasteiger partial charge on any atom is 0.261 e. The molecule has 0 bridgehead atoms. The standard InChI is InChI=1S/C23H25NO4/c1-3-19(28-22-13-7-6-12-21(22)26-2)23(25)24-15-16-27-20-14-8-10-17-9-4-5-11-18(17)20/h4-14,19H,3,15-16H2,1-2H3,(H,24,25)/t19-/m0/s1. The molecule has 0 heterocycles. The first kappa shape index (κ1) is 19.5. The smallest absolute Gasteiger partial charge is 0.261 e. The fourth-order valence-electron chi connectivity index (χ4n) is 2.96. The molecule has 1 atom stereocenters. The molecule has 3 aromatic carbocycles. The van der Waals surface area contributed by atoms with Gasteiger partial charge in [0.15, 0.2) is 17.6 Å². The maximum atomic E-state index is 12.5. The van der Waals surface area contributed by atoms with Crippen LogP contribution < -0.4 is 19.5 Å². The lowest BCUT2D eigenvalue weighted by Crippen LogP contribution is -2.39. The predicted octanol–water partition coefficient (Wildman–Crippen LogP) is 4.20. The number of benzene rings is 3. The monoisotopic (exact) mass is 379 g/mol. The van der Waals surface area contributed by atoms with Crippen molar-refractivity contribution in [1.29, 1.82) is 0 Å². The number of hydrogen-bond acceptors (Lipinski definition) is 4. The Kier molecular flexibility index (Phi) is 6.73. The van der Waals surface area contributed by atoms with Crippen molar-refractivity contribution in [1.82, 2.24) is 5.32 Å². The van der Waals surface area contributed by atoms with Gasteiger partial charge in [0.1, 0.15) is 12.4 Å². The third-order valence-corrected chi connectivity index (χ3v) is 4.41. The summed E-state index contributed by atoms with van der Waals surface area (Å²) in [5, 5.41) is 5.06. The van der Waals surface area contributed by atoms with Crippen LogP contribution in [0, 0.1) is 0 Å². The number of hydrogen-bond donors (Lipinski definition) is 1. The molecule has 146 valence electrons. The first-order valence-electron chi connectivity index (χ1n) is 9.41. The van der Waals surface area contributed by atoms with Crippen molar-refractivity contribution in [3.05, 3.63) is 66.7 Å². The van der Waals surface area contributed by atoms with E-state index in [1.165, 1.54) is 0 Å². The fourth-order valence-corrected chi connectivity index (χ4v) is 2.96. The Morgan fingerprint density at radius 2 is 1.61 bits per heavy atom. The molecule has 0 unspecified atom stereocenters. The van der Waals surface area contributed by atoms with E-state index in [1.54, 1.807) is 19.2 Å². The van der Waals surface area contributed by atoms with E-state index >= 15 is 0 Å². The van der Waals surface area contributed by atoms with Gasteiger partial charge in [0.05, 0.1) is 13.7 Å². The molecule has 0 saturated carbocycles. The quantitative estimate of drug-likeness (QED) is 0.566. The van der Waals surface area contributed by atoms with Gasteiger partial charge in [-0.15, -0.1) is 0 Å². The fraction of sp³-hybridized carbons (Fsp3) is 0.261. The normalized spacial score (nSPS) is 11.6. The summed E-state index contributed by atoms with van der Waals surface area (Å²) in [4.78, 5) is 12.5. The lowest BCUT2D eigenvalue weighted by Gasteiger charge is -2.19. The largest absolute Gasteiger partial charge is 0.493 e. The van der Waals surface area contributed by atoms with Crippen molar-refractivity contribution >= 4 is 16.7 Å². The Morgan fingerprint density at radius 3 is 2.39 bits per heavy atom. The minimum absolute atomic E-state index is 0.171. The molecule has 0 fully saturated rings. The van der Waals surface area contributed by atoms with Gasteiger partial charge in [0, 0.05) is 5.39 Å². The van der Waals surface area contributed by atoms with Crippen LogP contribution in [0.25, 0.3) is 10.8 Å². The van der Waals surface area contributed by atoms with Gasteiger partial charge in [-0.25, -0.2) is 0 Å². The Bertz CT molecular complexity index is 920. The number of carbonyl (C=O) groups excluding carboxylic acids is 1. The molecule has 3 rings (SSSR count). The third-order valence-electron chi connectivity index (χ3n) is 4.41. The summed E-state index contributed by atoms with van der Waals surface area (Å²) in [7, 11) is 1.58. The second kappa shape index (κ2) is 9.65. The highest BCUT2D eigenvalue weighted by atomic mass is 16.5. The van der Waals surface area contributed by atoms with Crippen LogP contribution in [0.5, 0.6) is 17.2 Å². The van der Waals surface area contributed by atoms with Crippen molar-refractivity contribution in [2.75, 3.05) is 20.3 Å². The topological polar surface area (TPSA) is 56.8 Å². The van der Waals surface area contributed by atoms with Gasteiger partial charge in [-0.2, -0.15) is 0 Å². The zero-order valence-electron chi connectivity index (χ0n) is 16.2. The molecule has 3 aromatic rings. The molecule has 0 radical (unpaired) electrons. The van der Waals surface area contributed by atoms with Crippen molar-refractivity contribution < 1.29 is 19.0 Å². The van der Waals surface area contributed by atoms with Crippen LogP contribution in [-0.4, -0.2) is 32.3 Å². The Balaban J connectivity index is 1.52. The number of carbonyl (C=O) groups is 1. The molecule has 5 nitrogen and oxygen atoms in total. The highest BCUT2D eigenvalue weighted by molar-refractivity contribution is 5.88. The lowest BCUT2D eigenvalue weighted by molar-refractivity contribution is -0.128. The summed E-state index contributed by atoms with van der Waals surface area (Å²) in [5.41, 5.74) is 0. The zero-order chi connectivity index (χ0) is 19.8. The van der Waals surface area contributed by atoms with Gasteiger partial charge in [-0.1, -0.05) is 55.5 Å². The van der Waals surface area contributed by atoms with Crippen LogP contribution in [0.1, 0.15) is 13.3 Å². The van der Waals surface area contributed by atoms with Gasteiger partial charge in [0.2, 0.25) is 0 Å². The number of nitrogens with one attached hydrogen (secondary N) is 1. The van der Waals surface area contributed by atoms with Gasteiger partial charge in [0.25, 0.3) is 5.91 Å². The summed E-state index contributed by atoms with van der Waals surface area (Å²) < 4.78 is 17.0. The molecule has 0 aliphatic carbocycles. The highest BCUT2D eigenvalue weighted by Crippen LogP contribution is 2.27. The Morgan fingerprint density at radius 1 is 0.929 bits per heavy atom. The molecular formula is C23H25NO4. The summed E-state index contributed by atoms with van der Waals surface area (Å²) in [6.45, 7) is 2.69. The van der Waals surface area contributed by atoms with Crippen molar-refractivity contribution in [3.8, 4) is 17.2 Å². The third kappa shape index (κ3) is 4.74. The number of para-hydroxylation sites is 2. The van der Waals surface area contributed by atoms with Crippen molar-refractivity contribution in [2.24, 2.45) is 0 Å². The molecule has 0 aliphatic heterocycles. The average Bonchev–Trinajstić information content (AvgIpc) is 2.75. The van der Waals surface area contributed by atoms with E-state index in [0.717, 1.165) is 16.5 Å². The molecule has 28 heavy (non-hydrogen) atoms.